The molecule has 0 bridgehead atoms. The Labute approximate surface area is 163 Å². The number of hydrogen-bond donors (Lipinski definition) is 0. The van der Waals surface area contributed by atoms with Gasteiger partial charge in [-0.25, -0.2) is 9.97 Å². The lowest BCUT2D eigenvalue weighted by atomic mass is 9.87. The van der Waals surface area contributed by atoms with Gasteiger partial charge < -0.3 is 9.80 Å². The van der Waals surface area contributed by atoms with E-state index in [0.717, 1.165) is 55.5 Å². The van der Waals surface area contributed by atoms with E-state index >= 15 is 0 Å². The Balaban J connectivity index is 1.39. The van der Waals surface area contributed by atoms with Crippen LogP contribution >= 0.6 is 0 Å². The summed E-state index contributed by atoms with van der Waals surface area (Å²) in [6, 6.07) is 0.827. The second kappa shape index (κ2) is 8.68. The zero-order chi connectivity index (χ0) is 18.6. The normalized spacial score (nSPS) is 23.1. The molecule has 5 heteroatoms. The highest BCUT2D eigenvalue weighted by atomic mass is 16.2. The minimum Gasteiger partial charge on any atom is -0.339 e. The van der Waals surface area contributed by atoms with Crippen molar-refractivity contribution in [1.82, 2.24) is 19.8 Å². The van der Waals surface area contributed by atoms with E-state index in [0.29, 0.717) is 5.92 Å². The van der Waals surface area contributed by atoms with Gasteiger partial charge >= 0.3 is 0 Å². The lowest BCUT2D eigenvalue weighted by Gasteiger charge is -2.39. The standard InChI is InChI=1S/C22H34N4O/c1-17-23-16-20(22(27)26-11-5-6-12-26)21(24-17)15-18-9-13-25(14-10-18)19-7-3-2-4-8-19/h16,18-19H,2-15H2,1H3. The zero-order valence-electron chi connectivity index (χ0n) is 16.8. The number of piperidine rings is 1. The molecule has 5 nitrogen and oxygen atoms in total. The molecule has 1 aromatic rings. The highest BCUT2D eigenvalue weighted by Gasteiger charge is 2.28. The second-order valence-corrected chi connectivity index (χ2v) is 8.75. The van der Waals surface area contributed by atoms with Gasteiger partial charge in [0.05, 0.1) is 11.3 Å². The van der Waals surface area contributed by atoms with Crippen LogP contribution in [0.15, 0.2) is 6.20 Å². The number of likely N-dealkylation sites (tertiary alicyclic amines) is 2. The molecule has 3 heterocycles. The van der Waals surface area contributed by atoms with E-state index in [2.05, 4.69) is 9.88 Å². The third-order valence-electron chi connectivity index (χ3n) is 6.83. The van der Waals surface area contributed by atoms with Crippen LogP contribution in [0.5, 0.6) is 0 Å². The van der Waals surface area contributed by atoms with Gasteiger partial charge in [0.15, 0.2) is 0 Å². The molecule has 0 radical (unpaired) electrons. The average molecular weight is 371 g/mol. The largest absolute Gasteiger partial charge is 0.339 e. The Kier molecular flexibility index (Phi) is 6.06. The van der Waals surface area contributed by atoms with Crippen LogP contribution in [-0.2, 0) is 6.42 Å². The van der Waals surface area contributed by atoms with Gasteiger partial charge in [0, 0.05) is 25.3 Å². The molecule has 3 fully saturated rings. The van der Waals surface area contributed by atoms with Crippen molar-refractivity contribution in [2.75, 3.05) is 26.2 Å². The fourth-order valence-corrected chi connectivity index (χ4v) is 5.18. The van der Waals surface area contributed by atoms with Crippen LogP contribution in [-0.4, -0.2) is 57.9 Å². The molecule has 0 aromatic carbocycles. The molecule has 0 spiro atoms. The third kappa shape index (κ3) is 4.50. The van der Waals surface area contributed by atoms with Crippen LogP contribution in [0.4, 0.5) is 0 Å². The van der Waals surface area contributed by atoms with Crippen molar-refractivity contribution >= 4 is 5.91 Å². The number of hydrogen-bond acceptors (Lipinski definition) is 4. The molecule has 0 N–H and O–H groups in total. The Morgan fingerprint density at radius 3 is 2.41 bits per heavy atom. The number of carbonyl (C=O) groups excluding carboxylic acids is 1. The van der Waals surface area contributed by atoms with Crippen molar-refractivity contribution in [3.8, 4) is 0 Å². The van der Waals surface area contributed by atoms with E-state index in [9.17, 15) is 4.79 Å². The Hall–Kier alpha value is -1.49. The van der Waals surface area contributed by atoms with Crippen molar-refractivity contribution < 1.29 is 4.79 Å². The van der Waals surface area contributed by atoms with Crippen LogP contribution in [0.25, 0.3) is 0 Å². The van der Waals surface area contributed by atoms with Crippen molar-refractivity contribution in [2.45, 2.75) is 77.2 Å². The lowest BCUT2D eigenvalue weighted by Crippen LogP contribution is -2.42. The molecule has 3 aliphatic rings. The molecule has 2 aliphatic heterocycles. The number of aryl methyl sites for hydroxylation is 1. The SMILES string of the molecule is Cc1ncc(C(=O)N2CCCC2)c(CC2CCN(C3CCCCC3)CC2)n1. The summed E-state index contributed by atoms with van der Waals surface area (Å²) in [5.41, 5.74) is 1.73. The van der Waals surface area contributed by atoms with Gasteiger partial charge in [-0.05, 0) is 70.9 Å². The molecular weight excluding hydrogens is 336 g/mol. The van der Waals surface area contributed by atoms with Gasteiger partial charge in [0.25, 0.3) is 5.91 Å². The predicted molar refractivity (Wildman–Crippen MR) is 107 cm³/mol. The molecule has 1 amide bonds. The van der Waals surface area contributed by atoms with E-state index < -0.39 is 0 Å². The molecule has 1 saturated carbocycles. The van der Waals surface area contributed by atoms with Gasteiger partial charge in [-0.2, -0.15) is 0 Å². The molecule has 1 aromatic heterocycles. The van der Waals surface area contributed by atoms with E-state index in [1.807, 2.05) is 11.8 Å². The minimum atomic E-state index is 0.141. The summed E-state index contributed by atoms with van der Waals surface area (Å²) >= 11 is 0. The molecule has 27 heavy (non-hydrogen) atoms. The lowest BCUT2D eigenvalue weighted by molar-refractivity contribution is 0.0789. The fraction of sp³-hybridized carbons (Fsp3) is 0.773. The summed E-state index contributed by atoms with van der Waals surface area (Å²) in [5.74, 6) is 1.56. The highest BCUT2D eigenvalue weighted by Crippen LogP contribution is 2.29. The van der Waals surface area contributed by atoms with Gasteiger partial charge in [-0.1, -0.05) is 19.3 Å². The minimum absolute atomic E-state index is 0.141. The average Bonchev–Trinajstić information content (AvgIpc) is 3.24. The second-order valence-electron chi connectivity index (χ2n) is 8.75. The van der Waals surface area contributed by atoms with Crippen LogP contribution in [0.2, 0.25) is 0 Å². The molecule has 148 valence electrons. The topological polar surface area (TPSA) is 49.3 Å². The molecule has 1 aliphatic carbocycles. The first-order valence-electron chi connectivity index (χ1n) is 11.1. The van der Waals surface area contributed by atoms with Crippen LogP contribution < -0.4 is 0 Å². The van der Waals surface area contributed by atoms with E-state index in [1.165, 1.54) is 58.0 Å². The first-order valence-corrected chi connectivity index (χ1v) is 11.1. The summed E-state index contributed by atoms with van der Waals surface area (Å²) in [6.45, 7) is 6.13. The maximum absolute atomic E-state index is 12.9. The van der Waals surface area contributed by atoms with Gasteiger partial charge in [0.2, 0.25) is 0 Å². The number of rotatable bonds is 4. The summed E-state index contributed by atoms with van der Waals surface area (Å²) < 4.78 is 0. The van der Waals surface area contributed by atoms with Crippen molar-refractivity contribution in [1.29, 1.82) is 0 Å². The third-order valence-corrected chi connectivity index (χ3v) is 6.83. The quantitative estimate of drug-likeness (QED) is 0.812. The molecular formula is C22H34N4O. The molecule has 0 unspecified atom stereocenters. The van der Waals surface area contributed by atoms with Crippen LogP contribution in [0, 0.1) is 12.8 Å². The summed E-state index contributed by atoms with van der Waals surface area (Å²) in [6.07, 6.45) is 14.4. The maximum atomic E-state index is 12.9. The van der Waals surface area contributed by atoms with Gasteiger partial charge in [-0.3, -0.25) is 4.79 Å². The number of amides is 1. The van der Waals surface area contributed by atoms with Crippen molar-refractivity contribution in [3.05, 3.63) is 23.3 Å². The van der Waals surface area contributed by atoms with Gasteiger partial charge in [0.1, 0.15) is 5.82 Å². The number of carbonyl (C=O) groups is 1. The first kappa shape index (κ1) is 18.9. The summed E-state index contributed by atoms with van der Waals surface area (Å²) in [7, 11) is 0. The smallest absolute Gasteiger partial charge is 0.257 e. The van der Waals surface area contributed by atoms with E-state index in [1.54, 1.807) is 6.20 Å². The Morgan fingerprint density at radius 1 is 1.00 bits per heavy atom. The fourth-order valence-electron chi connectivity index (χ4n) is 5.18. The number of aromatic nitrogens is 2. The Bertz CT molecular complexity index is 642. The van der Waals surface area contributed by atoms with Gasteiger partial charge in [-0.15, -0.1) is 0 Å². The van der Waals surface area contributed by atoms with Crippen LogP contribution in [0.1, 0.15) is 79.7 Å². The number of nitrogens with zero attached hydrogens (tertiary/aromatic N) is 4. The van der Waals surface area contributed by atoms with Crippen molar-refractivity contribution in [2.24, 2.45) is 5.92 Å². The molecule has 2 saturated heterocycles. The van der Waals surface area contributed by atoms with E-state index in [4.69, 9.17) is 4.98 Å². The van der Waals surface area contributed by atoms with Crippen LogP contribution in [0.3, 0.4) is 0 Å². The molecule has 0 atom stereocenters. The predicted octanol–water partition coefficient (Wildman–Crippen LogP) is 3.61. The highest BCUT2D eigenvalue weighted by molar-refractivity contribution is 5.95. The summed E-state index contributed by atoms with van der Waals surface area (Å²) in [5, 5.41) is 0. The zero-order valence-corrected chi connectivity index (χ0v) is 16.8. The van der Waals surface area contributed by atoms with E-state index in [-0.39, 0.29) is 5.91 Å². The monoisotopic (exact) mass is 370 g/mol. The van der Waals surface area contributed by atoms with Crippen molar-refractivity contribution in [3.63, 3.8) is 0 Å². The Morgan fingerprint density at radius 2 is 1.70 bits per heavy atom. The first-order chi connectivity index (χ1) is 13.2. The molecule has 4 rings (SSSR count). The summed E-state index contributed by atoms with van der Waals surface area (Å²) in [4.78, 5) is 26.7. The maximum Gasteiger partial charge on any atom is 0.257 e.